The first-order valence-electron chi connectivity index (χ1n) is 7.81. The molecule has 4 aromatic rings. The number of aromatic nitrogens is 4. The van der Waals surface area contributed by atoms with E-state index in [2.05, 4.69) is 20.0 Å². The zero-order valence-electron chi connectivity index (χ0n) is 14.1. The number of aryl methyl sites for hydroxylation is 1. The number of H-pyrrole nitrogens is 1. The summed E-state index contributed by atoms with van der Waals surface area (Å²) >= 11 is 0.836. The summed E-state index contributed by atoms with van der Waals surface area (Å²) < 4.78 is 67.2. The molecule has 0 bridgehead atoms. The molecule has 0 unspecified atom stereocenters. The van der Waals surface area contributed by atoms with Crippen molar-refractivity contribution in [1.29, 1.82) is 0 Å². The van der Waals surface area contributed by atoms with Crippen molar-refractivity contribution >= 4 is 38.0 Å². The maximum atomic E-state index is 12.9. The molecule has 2 N–H and O–H groups in total. The minimum absolute atomic E-state index is 0.0357. The molecule has 3 aromatic heterocycles. The summed E-state index contributed by atoms with van der Waals surface area (Å²) in [6.07, 6.45) is -2.93. The summed E-state index contributed by atoms with van der Waals surface area (Å²) in [5.41, 5.74) is 0.149. The number of hydrogen-bond donors (Lipinski definition) is 2. The van der Waals surface area contributed by atoms with E-state index in [0.717, 1.165) is 27.5 Å². The van der Waals surface area contributed by atoms with E-state index in [4.69, 9.17) is 0 Å². The second kappa shape index (κ2) is 6.34. The van der Waals surface area contributed by atoms with Crippen molar-refractivity contribution in [2.45, 2.75) is 10.4 Å². The van der Waals surface area contributed by atoms with E-state index < -0.39 is 21.9 Å². The summed E-state index contributed by atoms with van der Waals surface area (Å²) in [5.74, 6) is 0. The van der Waals surface area contributed by atoms with Gasteiger partial charge in [-0.2, -0.15) is 23.4 Å². The van der Waals surface area contributed by atoms with Gasteiger partial charge in [-0.3, -0.25) is 14.5 Å². The topological polar surface area (TPSA) is 92.7 Å². The predicted molar refractivity (Wildman–Crippen MR) is 98.4 cm³/mol. The Morgan fingerprint density at radius 1 is 1.18 bits per heavy atom. The molecular formula is C16H12F3N5O2S2. The minimum Gasteiger partial charge on any atom is -0.279 e. The third-order valence-corrected chi connectivity index (χ3v) is 6.94. The highest BCUT2D eigenvalue weighted by molar-refractivity contribution is 7.94. The molecule has 0 saturated heterocycles. The van der Waals surface area contributed by atoms with Crippen molar-refractivity contribution < 1.29 is 21.6 Å². The minimum atomic E-state index is -4.54. The number of anilines is 1. The van der Waals surface area contributed by atoms with Gasteiger partial charge in [0.15, 0.2) is 0 Å². The Balaban J connectivity index is 1.62. The molecule has 0 spiro atoms. The SMILES string of the molecule is Cn1nc(-c2ccc(S(=O)(=O)Nc3ccc4cn[nH]c4c3)s2)cc1C(F)(F)F. The highest BCUT2D eigenvalue weighted by Gasteiger charge is 2.35. The van der Waals surface area contributed by atoms with Crippen LogP contribution in [0.5, 0.6) is 0 Å². The monoisotopic (exact) mass is 427 g/mol. The number of nitrogens with zero attached hydrogens (tertiary/aromatic N) is 3. The molecule has 7 nitrogen and oxygen atoms in total. The summed E-state index contributed by atoms with van der Waals surface area (Å²) in [6.45, 7) is 0. The number of rotatable bonds is 4. The molecule has 0 atom stereocenters. The van der Waals surface area contributed by atoms with Crippen LogP contribution in [-0.4, -0.2) is 28.4 Å². The Morgan fingerprint density at radius 2 is 1.96 bits per heavy atom. The van der Waals surface area contributed by atoms with Crippen LogP contribution in [0, 0.1) is 0 Å². The Bertz CT molecular complexity index is 1270. The molecule has 1 aromatic carbocycles. The van der Waals surface area contributed by atoms with Gasteiger partial charge in [0.05, 0.1) is 22.3 Å². The molecule has 0 saturated carbocycles. The van der Waals surface area contributed by atoms with E-state index in [9.17, 15) is 21.6 Å². The number of hydrogen-bond acceptors (Lipinski definition) is 5. The average Bonchev–Trinajstić information content (AvgIpc) is 3.31. The third kappa shape index (κ3) is 3.36. The van der Waals surface area contributed by atoms with E-state index in [1.54, 1.807) is 24.4 Å². The molecule has 12 heteroatoms. The van der Waals surface area contributed by atoms with E-state index in [1.165, 1.54) is 19.2 Å². The molecule has 0 aliphatic carbocycles. The lowest BCUT2D eigenvalue weighted by atomic mass is 10.2. The van der Waals surface area contributed by atoms with E-state index in [1.807, 2.05) is 0 Å². The van der Waals surface area contributed by atoms with Crippen molar-refractivity contribution in [1.82, 2.24) is 20.0 Å². The summed E-state index contributed by atoms with van der Waals surface area (Å²) in [5, 5.41) is 11.3. The Hall–Kier alpha value is -2.86. The van der Waals surface area contributed by atoms with Gasteiger partial charge in [-0.25, -0.2) is 8.42 Å². The average molecular weight is 427 g/mol. The fraction of sp³-hybridized carbons (Fsp3) is 0.125. The van der Waals surface area contributed by atoms with Gasteiger partial charge < -0.3 is 0 Å². The fourth-order valence-electron chi connectivity index (χ4n) is 2.66. The van der Waals surface area contributed by atoms with Gasteiger partial charge in [-0.15, -0.1) is 11.3 Å². The zero-order valence-corrected chi connectivity index (χ0v) is 15.8. The standard InChI is InChI=1S/C16H12F3N5O2S2/c1-24-14(16(17,18)19)7-12(22-24)13-4-5-15(27-13)28(25,26)23-10-3-2-9-8-20-21-11(9)6-10/h2-8,23H,1H3,(H,20,21). The molecule has 0 aliphatic rings. The lowest BCUT2D eigenvalue weighted by Gasteiger charge is -2.06. The number of nitrogens with one attached hydrogen (secondary N) is 2. The highest BCUT2D eigenvalue weighted by atomic mass is 32.2. The smallest absolute Gasteiger partial charge is 0.279 e. The first kappa shape index (κ1) is 18.5. The number of benzene rings is 1. The number of halogens is 3. The zero-order chi connectivity index (χ0) is 20.1. The van der Waals surface area contributed by atoms with Crippen LogP contribution in [0.25, 0.3) is 21.5 Å². The number of fused-ring (bicyclic) bond motifs is 1. The van der Waals surface area contributed by atoms with Crippen molar-refractivity contribution in [3.8, 4) is 10.6 Å². The molecule has 3 heterocycles. The number of thiophene rings is 1. The van der Waals surface area contributed by atoms with Crippen LogP contribution in [0.4, 0.5) is 18.9 Å². The third-order valence-electron chi connectivity index (χ3n) is 3.96. The van der Waals surface area contributed by atoms with E-state index >= 15 is 0 Å². The van der Waals surface area contributed by atoms with Crippen molar-refractivity contribution in [2.24, 2.45) is 7.05 Å². The Kier molecular flexibility index (Phi) is 4.19. The number of alkyl halides is 3. The highest BCUT2D eigenvalue weighted by Crippen LogP contribution is 2.35. The fourth-order valence-corrected chi connectivity index (χ4v) is 4.97. The van der Waals surface area contributed by atoms with Gasteiger partial charge >= 0.3 is 6.18 Å². The van der Waals surface area contributed by atoms with Crippen molar-refractivity contribution in [3.63, 3.8) is 0 Å². The molecule has 0 radical (unpaired) electrons. The molecule has 0 fully saturated rings. The van der Waals surface area contributed by atoms with Crippen LogP contribution >= 0.6 is 11.3 Å². The molecule has 146 valence electrons. The molecule has 28 heavy (non-hydrogen) atoms. The van der Waals surface area contributed by atoms with Gasteiger partial charge in [0, 0.05) is 12.4 Å². The number of sulfonamides is 1. The summed E-state index contributed by atoms with van der Waals surface area (Å²) in [4.78, 5) is 0.315. The van der Waals surface area contributed by atoms with E-state index in [0.29, 0.717) is 16.1 Å². The predicted octanol–water partition coefficient (Wildman–Crippen LogP) is 3.84. The largest absolute Gasteiger partial charge is 0.433 e. The first-order valence-corrected chi connectivity index (χ1v) is 10.1. The van der Waals surface area contributed by atoms with Crippen LogP contribution in [0.15, 0.2) is 46.8 Å². The van der Waals surface area contributed by atoms with Crippen LogP contribution in [0.3, 0.4) is 0 Å². The first-order chi connectivity index (χ1) is 13.1. The van der Waals surface area contributed by atoms with E-state index in [-0.39, 0.29) is 9.90 Å². The lowest BCUT2D eigenvalue weighted by molar-refractivity contribution is -0.143. The van der Waals surface area contributed by atoms with Gasteiger partial charge in [-0.05, 0) is 36.4 Å². The quantitative estimate of drug-likeness (QED) is 0.518. The van der Waals surface area contributed by atoms with Crippen molar-refractivity contribution in [3.05, 3.63) is 48.3 Å². The molecule has 0 aliphatic heterocycles. The van der Waals surface area contributed by atoms with Gasteiger partial charge in [0.2, 0.25) is 0 Å². The molecular weight excluding hydrogens is 415 g/mol. The van der Waals surface area contributed by atoms with Crippen LogP contribution in [-0.2, 0) is 23.2 Å². The molecule has 4 rings (SSSR count). The van der Waals surface area contributed by atoms with Gasteiger partial charge in [-0.1, -0.05) is 0 Å². The maximum absolute atomic E-state index is 12.9. The maximum Gasteiger partial charge on any atom is 0.433 e. The normalized spacial score (nSPS) is 12.6. The Morgan fingerprint density at radius 3 is 2.68 bits per heavy atom. The summed E-state index contributed by atoms with van der Waals surface area (Å²) in [7, 11) is -2.72. The van der Waals surface area contributed by atoms with Gasteiger partial charge in [0.1, 0.15) is 15.6 Å². The lowest BCUT2D eigenvalue weighted by Crippen LogP contribution is -2.11. The second-order valence-corrected chi connectivity index (χ2v) is 8.93. The Labute approximate surface area is 160 Å². The van der Waals surface area contributed by atoms with Gasteiger partial charge in [0.25, 0.3) is 10.0 Å². The molecule has 0 amide bonds. The van der Waals surface area contributed by atoms with Crippen LogP contribution in [0.2, 0.25) is 0 Å². The second-order valence-electron chi connectivity index (χ2n) is 5.93. The summed E-state index contributed by atoms with van der Waals surface area (Å²) in [6, 6.07) is 8.56. The van der Waals surface area contributed by atoms with Crippen LogP contribution < -0.4 is 4.72 Å². The van der Waals surface area contributed by atoms with Crippen LogP contribution in [0.1, 0.15) is 5.69 Å². The van der Waals surface area contributed by atoms with Crippen molar-refractivity contribution in [2.75, 3.05) is 4.72 Å². The number of aromatic amines is 1.